The Balaban J connectivity index is 1.49. The molecule has 0 bridgehead atoms. The number of carbonyl (C=O) groups is 1. The third kappa shape index (κ3) is 4.39. The Morgan fingerprint density at radius 1 is 1.13 bits per heavy atom. The molecule has 30 heavy (non-hydrogen) atoms. The molecule has 1 aliphatic rings. The number of nitrogens with one attached hydrogen (secondary N) is 1. The monoisotopic (exact) mass is 405 g/mol. The molecule has 1 saturated heterocycles. The van der Waals surface area contributed by atoms with E-state index < -0.39 is 0 Å². The minimum absolute atomic E-state index is 0.114. The molecule has 2 heterocycles. The zero-order valence-electron chi connectivity index (χ0n) is 17.4. The summed E-state index contributed by atoms with van der Waals surface area (Å²) in [5.41, 5.74) is 2.36. The molecule has 6 heteroatoms. The summed E-state index contributed by atoms with van der Waals surface area (Å²) in [7, 11) is 1.66. The van der Waals surface area contributed by atoms with Crippen LogP contribution in [-0.2, 0) is 0 Å². The van der Waals surface area contributed by atoms with E-state index in [0.29, 0.717) is 23.9 Å². The largest absolute Gasteiger partial charge is 0.497 e. The van der Waals surface area contributed by atoms with Crippen LogP contribution in [0.1, 0.15) is 40.7 Å². The summed E-state index contributed by atoms with van der Waals surface area (Å²) in [4.78, 5) is 19.8. The molecule has 1 N–H and O–H groups in total. The predicted octanol–water partition coefficient (Wildman–Crippen LogP) is 4.23. The molecule has 4 rings (SSSR count). The van der Waals surface area contributed by atoms with E-state index in [0.717, 1.165) is 24.4 Å². The quantitative estimate of drug-likeness (QED) is 0.637. The molecule has 156 valence electrons. The minimum atomic E-state index is -0.212. The van der Waals surface area contributed by atoms with E-state index in [1.807, 2.05) is 42.5 Å². The molecule has 0 saturated carbocycles. The van der Waals surface area contributed by atoms with Gasteiger partial charge < -0.3 is 14.5 Å². The van der Waals surface area contributed by atoms with Crippen molar-refractivity contribution in [2.45, 2.75) is 25.8 Å². The molecule has 1 amide bonds. The van der Waals surface area contributed by atoms with Gasteiger partial charge in [0.15, 0.2) is 5.69 Å². The van der Waals surface area contributed by atoms with E-state index in [2.05, 4.69) is 27.3 Å². The van der Waals surface area contributed by atoms with Gasteiger partial charge in [-0.05, 0) is 62.7 Å². The van der Waals surface area contributed by atoms with Crippen LogP contribution in [0.4, 0.5) is 0 Å². The highest BCUT2D eigenvalue weighted by Gasteiger charge is 2.25. The van der Waals surface area contributed by atoms with Crippen molar-refractivity contribution in [3.05, 3.63) is 71.6 Å². The van der Waals surface area contributed by atoms with Gasteiger partial charge in [-0.3, -0.25) is 9.69 Å². The molecule has 1 unspecified atom stereocenters. The standard InChI is InChI=1S/C24H27N3O3/c1-17-22(26-24(30-17)19-8-4-3-5-9-19)23(28)25-16-21(27-14-6-7-15-27)18-10-12-20(29-2)13-11-18/h3-5,8-13,21H,6-7,14-16H2,1-2H3,(H,25,28). The van der Waals surface area contributed by atoms with Gasteiger partial charge >= 0.3 is 0 Å². The highest BCUT2D eigenvalue weighted by atomic mass is 16.5. The number of hydrogen-bond acceptors (Lipinski definition) is 5. The van der Waals surface area contributed by atoms with E-state index >= 15 is 0 Å². The summed E-state index contributed by atoms with van der Waals surface area (Å²) in [6.45, 7) is 4.36. The van der Waals surface area contributed by atoms with Crippen molar-refractivity contribution in [2.75, 3.05) is 26.7 Å². The maximum Gasteiger partial charge on any atom is 0.273 e. The molecule has 3 aromatic rings. The van der Waals surface area contributed by atoms with Crippen molar-refractivity contribution in [1.29, 1.82) is 0 Å². The Labute approximate surface area is 176 Å². The van der Waals surface area contributed by atoms with Gasteiger partial charge in [0.05, 0.1) is 13.2 Å². The number of rotatable bonds is 7. The van der Waals surface area contributed by atoms with Crippen LogP contribution in [0.15, 0.2) is 59.0 Å². The first-order chi connectivity index (χ1) is 14.7. The Bertz CT molecular complexity index is 977. The van der Waals surface area contributed by atoms with Gasteiger partial charge in [-0.25, -0.2) is 4.98 Å². The normalized spacial score (nSPS) is 15.1. The molecule has 2 aromatic carbocycles. The van der Waals surface area contributed by atoms with Gasteiger partial charge in [0, 0.05) is 12.1 Å². The molecule has 0 radical (unpaired) electrons. The lowest BCUT2D eigenvalue weighted by molar-refractivity contribution is 0.0932. The molecular weight excluding hydrogens is 378 g/mol. The van der Waals surface area contributed by atoms with Crippen molar-refractivity contribution in [3.8, 4) is 17.2 Å². The SMILES string of the molecule is COc1ccc(C(CNC(=O)c2nc(-c3ccccc3)oc2C)N2CCCC2)cc1. The van der Waals surface area contributed by atoms with Gasteiger partial charge in [-0.1, -0.05) is 30.3 Å². The summed E-state index contributed by atoms with van der Waals surface area (Å²) in [5.74, 6) is 1.60. The maximum atomic E-state index is 12.9. The number of likely N-dealkylation sites (tertiary alicyclic amines) is 1. The minimum Gasteiger partial charge on any atom is -0.497 e. The number of oxazole rings is 1. The summed E-state index contributed by atoms with van der Waals surface area (Å²) < 4.78 is 11.0. The fourth-order valence-electron chi connectivity index (χ4n) is 3.92. The smallest absolute Gasteiger partial charge is 0.273 e. The van der Waals surface area contributed by atoms with Crippen LogP contribution in [0.5, 0.6) is 5.75 Å². The first kappa shape index (κ1) is 20.2. The topological polar surface area (TPSA) is 67.6 Å². The Kier molecular flexibility index (Phi) is 6.14. The average molecular weight is 405 g/mol. The van der Waals surface area contributed by atoms with Crippen LogP contribution >= 0.6 is 0 Å². The zero-order chi connectivity index (χ0) is 20.9. The summed E-state index contributed by atoms with van der Waals surface area (Å²) in [6, 6.07) is 17.8. The summed E-state index contributed by atoms with van der Waals surface area (Å²) in [6.07, 6.45) is 2.37. The van der Waals surface area contributed by atoms with E-state index in [4.69, 9.17) is 9.15 Å². The van der Waals surface area contributed by atoms with E-state index in [-0.39, 0.29) is 11.9 Å². The van der Waals surface area contributed by atoms with Crippen LogP contribution in [0.3, 0.4) is 0 Å². The van der Waals surface area contributed by atoms with Gasteiger partial charge in [0.2, 0.25) is 5.89 Å². The number of ether oxygens (including phenoxy) is 1. The number of aromatic nitrogens is 1. The lowest BCUT2D eigenvalue weighted by atomic mass is 10.1. The summed E-state index contributed by atoms with van der Waals surface area (Å²) >= 11 is 0. The highest BCUT2D eigenvalue weighted by molar-refractivity contribution is 5.93. The second kappa shape index (κ2) is 9.13. The van der Waals surface area contributed by atoms with Gasteiger partial charge in [-0.2, -0.15) is 0 Å². The Morgan fingerprint density at radius 3 is 2.50 bits per heavy atom. The second-order valence-corrected chi connectivity index (χ2v) is 7.53. The van der Waals surface area contributed by atoms with Gasteiger partial charge in [-0.15, -0.1) is 0 Å². The number of benzene rings is 2. The Hall–Kier alpha value is -3.12. The number of aryl methyl sites for hydroxylation is 1. The zero-order valence-corrected chi connectivity index (χ0v) is 17.4. The number of nitrogens with zero attached hydrogens (tertiary/aromatic N) is 2. The van der Waals surface area contributed by atoms with Crippen molar-refractivity contribution in [2.24, 2.45) is 0 Å². The van der Waals surface area contributed by atoms with Crippen molar-refractivity contribution in [1.82, 2.24) is 15.2 Å². The number of amides is 1. The fraction of sp³-hybridized carbons (Fsp3) is 0.333. The highest BCUT2D eigenvalue weighted by Crippen LogP contribution is 2.27. The molecule has 0 spiro atoms. The third-order valence-electron chi connectivity index (χ3n) is 5.57. The first-order valence-corrected chi connectivity index (χ1v) is 10.3. The van der Waals surface area contributed by atoms with E-state index in [9.17, 15) is 4.79 Å². The van der Waals surface area contributed by atoms with Crippen LogP contribution in [0.25, 0.3) is 11.5 Å². The number of carbonyl (C=O) groups excluding carboxylic acids is 1. The molecular formula is C24H27N3O3. The van der Waals surface area contributed by atoms with Crippen molar-refractivity contribution < 1.29 is 13.9 Å². The van der Waals surface area contributed by atoms with Crippen LogP contribution in [0.2, 0.25) is 0 Å². The number of hydrogen-bond donors (Lipinski definition) is 1. The summed E-state index contributed by atoms with van der Waals surface area (Å²) in [5, 5.41) is 3.07. The van der Waals surface area contributed by atoms with Gasteiger partial charge in [0.1, 0.15) is 11.5 Å². The Morgan fingerprint density at radius 2 is 1.83 bits per heavy atom. The second-order valence-electron chi connectivity index (χ2n) is 7.53. The molecule has 6 nitrogen and oxygen atoms in total. The average Bonchev–Trinajstić information content (AvgIpc) is 3.45. The molecule has 1 fully saturated rings. The maximum absolute atomic E-state index is 12.9. The molecule has 0 aliphatic carbocycles. The number of methoxy groups -OCH3 is 1. The van der Waals surface area contributed by atoms with E-state index in [1.54, 1.807) is 14.0 Å². The molecule has 1 aliphatic heterocycles. The van der Waals surface area contributed by atoms with Crippen LogP contribution in [0, 0.1) is 6.92 Å². The molecule has 1 aromatic heterocycles. The van der Waals surface area contributed by atoms with Gasteiger partial charge in [0.25, 0.3) is 5.91 Å². The lowest BCUT2D eigenvalue weighted by Gasteiger charge is -2.28. The van der Waals surface area contributed by atoms with Crippen molar-refractivity contribution >= 4 is 5.91 Å². The lowest BCUT2D eigenvalue weighted by Crippen LogP contribution is -2.37. The third-order valence-corrected chi connectivity index (χ3v) is 5.57. The van der Waals surface area contributed by atoms with Crippen LogP contribution < -0.4 is 10.1 Å². The van der Waals surface area contributed by atoms with Crippen molar-refractivity contribution in [3.63, 3.8) is 0 Å². The first-order valence-electron chi connectivity index (χ1n) is 10.3. The predicted molar refractivity (Wildman–Crippen MR) is 116 cm³/mol. The van der Waals surface area contributed by atoms with E-state index in [1.165, 1.54) is 18.4 Å². The molecule has 1 atom stereocenters. The van der Waals surface area contributed by atoms with Crippen LogP contribution in [-0.4, -0.2) is 42.5 Å². The fourth-order valence-corrected chi connectivity index (χ4v) is 3.92.